The van der Waals surface area contributed by atoms with Gasteiger partial charge in [0.25, 0.3) is 0 Å². The van der Waals surface area contributed by atoms with Gasteiger partial charge in [-0.3, -0.25) is 5.10 Å². The first-order valence-electron chi connectivity index (χ1n) is 6.08. The van der Waals surface area contributed by atoms with Gasteiger partial charge in [0.15, 0.2) is 5.22 Å². The van der Waals surface area contributed by atoms with Crippen molar-refractivity contribution in [1.82, 2.24) is 10.2 Å². The molecule has 2 N–H and O–H groups in total. The van der Waals surface area contributed by atoms with E-state index in [9.17, 15) is 0 Å². The quantitative estimate of drug-likeness (QED) is 0.758. The lowest BCUT2D eigenvalue weighted by Crippen LogP contribution is -2.01. The van der Waals surface area contributed by atoms with Crippen LogP contribution < -0.4 is 5.32 Å². The molecule has 0 radical (unpaired) electrons. The van der Waals surface area contributed by atoms with Gasteiger partial charge in [-0.15, -0.1) is 0 Å². The van der Waals surface area contributed by atoms with E-state index in [-0.39, 0.29) is 0 Å². The molecule has 0 bridgehead atoms. The maximum atomic E-state index is 6.16. The van der Waals surface area contributed by atoms with Crippen LogP contribution in [0.25, 0.3) is 11.0 Å². The van der Waals surface area contributed by atoms with Gasteiger partial charge >= 0.3 is 0 Å². The van der Waals surface area contributed by atoms with E-state index in [1.165, 1.54) is 0 Å². The van der Waals surface area contributed by atoms with Crippen molar-refractivity contribution in [3.8, 4) is 0 Å². The lowest BCUT2D eigenvalue weighted by atomic mass is 10.1. The largest absolute Gasteiger partial charge is 0.444 e. The highest BCUT2D eigenvalue weighted by Gasteiger charge is 2.13. The first-order valence-corrected chi connectivity index (χ1v) is 6.46. The molecule has 1 aromatic carbocycles. The van der Waals surface area contributed by atoms with Gasteiger partial charge in [-0.25, -0.2) is 0 Å². The molecule has 0 unspecified atom stereocenters. The Morgan fingerprint density at radius 3 is 2.84 bits per heavy atom. The Morgan fingerprint density at radius 1 is 1.32 bits per heavy atom. The monoisotopic (exact) mass is 275 g/mol. The summed E-state index contributed by atoms with van der Waals surface area (Å²) in [7, 11) is 0. The van der Waals surface area contributed by atoms with E-state index in [4.69, 9.17) is 16.0 Å². The van der Waals surface area contributed by atoms with Gasteiger partial charge in [-0.05, 0) is 31.5 Å². The molecule has 0 atom stereocenters. The highest BCUT2D eigenvalue weighted by atomic mass is 35.5. The van der Waals surface area contributed by atoms with Gasteiger partial charge in [0, 0.05) is 17.5 Å². The summed E-state index contributed by atoms with van der Waals surface area (Å²) in [4.78, 5) is 0. The Bertz CT molecular complexity index is 710. The van der Waals surface area contributed by atoms with Gasteiger partial charge in [-0.1, -0.05) is 18.2 Å². The first kappa shape index (κ1) is 12.1. The summed E-state index contributed by atoms with van der Waals surface area (Å²) < 4.78 is 5.53. The summed E-state index contributed by atoms with van der Waals surface area (Å²) in [5, 5.41) is 11.9. The second-order valence-corrected chi connectivity index (χ2v) is 4.86. The van der Waals surface area contributed by atoms with Crippen LogP contribution in [0.5, 0.6) is 0 Å². The molecule has 3 rings (SSSR count). The molecule has 5 heteroatoms. The molecule has 0 amide bonds. The van der Waals surface area contributed by atoms with Crippen molar-refractivity contribution in [3.05, 3.63) is 46.4 Å². The zero-order valence-corrected chi connectivity index (χ0v) is 11.5. The van der Waals surface area contributed by atoms with E-state index >= 15 is 0 Å². The number of rotatable bonds is 3. The molecule has 0 fully saturated rings. The van der Waals surface area contributed by atoms with Crippen molar-refractivity contribution in [2.75, 3.05) is 5.32 Å². The number of hydrogen-bond donors (Lipinski definition) is 2. The van der Waals surface area contributed by atoms with Crippen LogP contribution in [0.3, 0.4) is 0 Å². The number of aromatic nitrogens is 2. The van der Waals surface area contributed by atoms with Gasteiger partial charge in [0.1, 0.15) is 5.58 Å². The Morgan fingerprint density at radius 2 is 2.11 bits per heavy atom. The minimum Gasteiger partial charge on any atom is -0.444 e. The van der Waals surface area contributed by atoms with E-state index < -0.39 is 0 Å². The maximum Gasteiger partial charge on any atom is 0.199 e. The molecule has 3 aromatic rings. The van der Waals surface area contributed by atoms with E-state index in [2.05, 4.69) is 15.5 Å². The van der Waals surface area contributed by atoms with Crippen LogP contribution in [0.1, 0.15) is 17.0 Å². The van der Waals surface area contributed by atoms with Crippen LogP contribution >= 0.6 is 11.6 Å². The summed E-state index contributed by atoms with van der Waals surface area (Å²) in [6, 6.07) is 7.84. The van der Waals surface area contributed by atoms with Crippen molar-refractivity contribution < 1.29 is 4.42 Å². The topological polar surface area (TPSA) is 53.9 Å². The second-order valence-electron chi connectivity index (χ2n) is 4.51. The van der Waals surface area contributed by atoms with E-state index in [0.717, 1.165) is 33.6 Å². The average molecular weight is 276 g/mol. The van der Waals surface area contributed by atoms with Crippen molar-refractivity contribution in [3.63, 3.8) is 0 Å². The van der Waals surface area contributed by atoms with Crippen LogP contribution in [0.15, 0.2) is 28.7 Å². The smallest absolute Gasteiger partial charge is 0.199 e. The van der Waals surface area contributed by atoms with E-state index in [1.807, 2.05) is 38.1 Å². The normalized spacial score (nSPS) is 11.1. The van der Waals surface area contributed by atoms with Crippen LogP contribution in [0, 0.1) is 13.8 Å². The number of furan rings is 1. The lowest BCUT2D eigenvalue weighted by Gasteiger charge is -2.05. The average Bonchev–Trinajstić information content (AvgIpc) is 2.88. The molecule has 0 aliphatic rings. The summed E-state index contributed by atoms with van der Waals surface area (Å²) >= 11 is 6.16. The second kappa shape index (κ2) is 4.63. The number of aryl methyl sites for hydroxylation is 2. The third-order valence-corrected chi connectivity index (χ3v) is 3.52. The summed E-state index contributed by atoms with van der Waals surface area (Å²) in [6.45, 7) is 4.55. The highest BCUT2D eigenvalue weighted by molar-refractivity contribution is 6.30. The molecule has 0 aliphatic heterocycles. The summed E-state index contributed by atoms with van der Waals surface area (Å²) in [6.07, 6.45) is 0. The first-order chi connectivity index (χ1) is 9.16. The predicted molar refractivity (Wildman–Crippen MR) is 76.6 cm³/mol. The third-order valence-electron chi connectivity index (χ3n) is 3.22. The number of para-hydroxylation sites is 1. The maximum absolute atomic E-state index is 6.16. The molecule has 0 saturated heterocycles. The van der Waals surface area contributed by atoms with Crippen LogP contribution in [0.4, 0.5) is 5.69 Å². The fourth-order valence-electron chi connectivity index (χ4n) is 2.22. The molecular formula is C14H14ClN3O. The minimum absolute atomic E-state index is 0.438. The number of anilines is 1. The number of benzene rings is 1. The van der Waals surface area contributed by atoms with Crippen molar-refractivity contribution in [2.24, 2.45) is 0 Å². The molecule has 2 aromatic heterocycles. The van der Waals surface area contributed by atoms with Crippen molar-refractivity contribution in [1.29, 1.82) is 0 Å². The summed E-state index contributed by atoms with van der Waals surface area (Å²) in [5.41, 5.74) is 4.76. The predicted octanol–water partition coefficient (Wildman–Crippen LogP) is 4.04. The standard InChI is InChI=1S/C14H14ClN3O/c1-8-13(9(2)18-17-8)16-7-11-10-5-3-4-6-12(10)19-14(11)15/h3-6,16H,7H2,1-2H3,(H,17,18). The number of aromatic amines is 1. The minimum atomic E-state index is 0.438. The van der Waals surface area contributed by atoms with Crippen molar-refractivity contribution >= 4 is 28.3 Å². The van der Waals surface area contributed by atoms with Crippen LogP contribution in [-0.2, 0) is 6.54 Å². The molecule has 0 spiro atoms. The molecule has 0 saturated carbocycles. The van der Waals surface area contributed by atoms with Gasteiger partial charge < -0.3 is 9.73 Å². The lowest BCUT2D eigenvalue weighted by molar-refractivity contribution is 0.613. The number of H-pyrrole nitrogens is 1. The summed E-state index contributed by atoms with van der Waals surface area (Å²) in [5.74, 6) is 0. The Balaban J connectivity index is 1.92. The zero-order chi connectivity index (χ0) is 13.4. The molecule has 98 valence electrons. The Hall–Kier alpha value is -1.94. The molecule has 0 aliphatic carbocycles. The number of hydrogen-bond acceptors (Lipinski definition) is 3. The van der Waals surface area contributed by atoms with E-state index in [0.29, 0.717) is 11.8 Å². The number of halogens is 1. The highest BCUT2D eigenvalue weighted by Crippen LogP contribution is 2.30. The fourth-order valence-corrected chi connectivity index (χ4v) is 2.47. The van der Waals surface area contributed by atoms with Crippen molar-refractivity contribution in [2.45, 2.75) is 20.4 Å². The Labute approximate surface area is 115 Å². The zero-order valence-electron chi connectivity index (χ0n) is 10.7. The third kappa shape index (κ3) is 2.08. The van der Waals surface area contributed by atoms with Gasteiger partial charge in [0.05, 0.1) is 17.1 Å². The number of fused-ring (bicyclic) bond motifs is 1. The molecule has 19 heavy (non-hydrogen) atoms. The molecule has 4 nitrogen and oxygen atoms in total. The van der Waals surface area contributed by atoms with Gasteiger partial charge in [-0.2, -0.15) is 5.10 Å². The molecular weight excluding hydrogens is 262 g/mol. The Kier molecular flexibility index (Phi) is 2.95. The van der Waals surface area contributed by atoms with E-state index in [1.54, 1.807) is 0 Å². The van der Waals surface area contributed by atoms with Crippen LogP contribution in [-0.4, -0.2) is 10.2 Å². The fraction of sp³-hybridized carbons (Fsp3) is 0.214. The molecule has 2 heterocycles. The number of nitrogens with one attached hydrogen (secondary N) is 2. The number of nitrogens with zero attached hydrogens (tertiary/aromatic N) is 1. The SMILES string of the molecule is Cc1n[nH]c(C)c1NCc1c(Cl)oc2ccccc12. The van der Waals surface area contributed by atoms with Crippen LogP contribution in [0.2, 0.25) is 5.22 Å². The van der Waals surface area contributed by atoms with Gasteiger partial charge in [0.2, 0.25) is 0 Å².